The molecule has 2 aliphatic heterocycles. The van der Waals surface area contributed by atoms with E-state index in [1.54, 1.807) is 23.1 Å². The van der Waals surface area contributed by atoms with Crippen molar-refractivity contribution in [2.45, 2.75) is 12.6 Å². The van der Waals surface area contributed by atoms with Gasteiger partial charge in [-0.3, -0.25) is 14.5 Å². The summed E-state index contributed by atoms with van der Waals surface area (Å²) in [5.74, 6) is 0.614. The van der Waals surface area contributed by atoms with E-state index in [1.165, 1.54) is 0 Å². The summed E-state index contributed by atoms with van der Waals surface area (Å²) in [6, 6.07) is 24.2. The zero-order valence-corrected chi connectivity index (χ0v) is 20.5. The van der Waals surface area contributed by atoms with Gasteiger partial charge in [0.25, 0.3) is 5.91 Å². The lowest BCUT2D eigenvalue weighted by molar-refractivity contribution is 0.0314. The third-order valence-electron chi connectivity index (χ3n) is 7.08. The summed E-state index contributed by atoms with van der Waals surface area (Å²) in [6.07, 6.45) is 0. The summed E-state index contributed by atoms with van der Waals surface area (Å²) in [5.41, 5.74) is 2.61. The van der Waals surface area contributed by atoms with Crippen molar-refractivity contribution in [3.05, 3.63) is 112 Å². The average Bonchev–Trinajstić information content (AvgIpc) is 3.23. The van der Waals surface area contributed by atoms with E-state index in [9.17, 15) is 9.59 Å². The van der Waals surface area contributed by atoms with Crippen molar-refractivity contribution in [1.82, 2.24) is 9.80 Å². The summed E-state index contributed by atoms with van der Waals surface area (Å²) < 4.78 is 17.5. The third-order valence-corrected chi connectivity index (χ3v) is 7.08. The van der Waals surface area contributed by atoms with E-state index in [2.05, 4.69) is 4.90 Å². The maximum Gasteiger partial charge on any atom is 0.290 e. The molecular weight excluding hydrogens is 468 g/mol. The van der Waals surface area contributed by atoms with Gasteiger partial charge < -0.3 is 18.8 Å². The van der Waals surface area contributed by atoms with Gasteiger partial charge in [0.1, 0.15) is 17.9 Å². The minimum Gasteiger partial charge on any atom is -0.489 e. The lowest BCUT2D eigenvalue weighted by Gasteiger charge is -2.31. The Labute approximate surface area is 214 Å². The fraction of sp³-hybridized carbons (Fsp3) is 0.267. The van der Waals surface area contributed by atoms with Crippen LogP contribution in [-0.4, -0.2) is 55.1 Å². The Morgan fingerprint density at radius 2 is 1.57 bits per heavy atom. The number of carbonyl (C=O) groups excluding carboxylic acids is 1. The third kappa shape index (κ3) is 4.63. The second-order valence-corrected chi connectivity index (χ2v) is 9.37. The molecule has 1 fully saturated rings. The highest BCUT2D eigenvalue weighted by Crippen LogP contribution is 2.38. The lowest BCUT2D eigenvalue weighted by Crippen LogP contribution is -2.42. The van der Waals surface area contributed by atoms with Crippen molar-refractivity contribution in [3.8, 4) is 5.75 Å². The number of nitrogens with zero attached hydrogens (tertiary/aromatic N) is 2. The molecule has 0 saturated carbocycles. The molecule has 7 heteroatoms. The number of fused-ring (bicyclic) bond motifs is 2. The van der Waals surface area contributed by atoms with Gasteiger partial charge in [-0.15, -0.1) is 0 Å². The number of hydrogen-bond donors (Lipinski definition) is 0. The molecule has 0 N–H and O–H groups in total. The predicted molar refractivity (Wildman–Crippen MR) is 140 cm³/mol. The van der Waals surface area contributed by atoms with Crippen LogP contribution in [0.5, 0.6) is 5.75 Å². The monoisotopic (exact) mass is 496 g/mol. The highest BCUT2D eigenvalue weighted by molar-refractivity contribution is 5.99. The molecule has 2 aliphatic rings. The van der Waals surface area contributed by atoms with E-state index in [0.717, 1.165) is 30.0 Å². The van der Waals surface area contributed by atoms with Crippen LogP contribution in [0.4, 0.5) is 0 Å². The molecule has 4 aromatic rings. The summed E-state index contributed by atoms with van der Waals surface area (Å²) in [7, 11) is 0. The first-order valence-corrected chi connectivity index (χ1v) is 12.6. The Kier molecular flexibility index (Phi) is 6.47. The van der Waals surface area contributed by atoms with Crippen LogP contribution in [0.3, 0.4) is 0 Å². The number of carbonyl (C=O) groups is 1. The number of rotatable bonds is 7. The molecule has 3 aromatic carbocycles. The normalized spacial score (nSPS) is 17.8. The Bertz CT molecular complexity index is 1460. The molecule has 37 heavy (non-hydrogen) atoms. The van der Waals surface area contributed by atoms with Crippen molar-refractivity contribution >= 4 is 16.9 Å². The molecule has 0 radical (unpaired) electrons. The van der Waals surface area contributed by atoms with Crippen LogP contribution in [0.15, 0.2) is 88.1 Å². The van der Waals surface area contributed by atoms with E-state index in [-0.39, 0.29) is 17.1 Å². The summed E-state index contributed by atoms with van der Waals surface area (Å²) >= 11 is 0. The fourth-order valence-corrected chi connectivity index (χ4v) is 5.11. The quantitative estimate of drug-likeness (QED) is 0.381. The summed E-state index contributed by atoms with van der Waals surface area (Å²) in [6.45, 7) is 4.68. The largest absolute Gasteiger partial charge is 0.489 e. The number of ether oxygens (including phenoxy) is 2. The SMILES string of the molecule is O=C1c2oc3ccccc3c(=O)c2C(c2ccc(OCc3ccccc3)cc2)N1CCN1CCOCC1. The van der Waals surface area contributed by atoms with E-state index >= 15 is 0 Å². The van der Waals surface area contributed by atoms with Crippen LogP contribution < -0.4 is 10.2 Å². The molecule has 0 bridgehead atoms. The van der Waals surface area contributed by atoms with Gasteiger partial charge in [0.05, 0.1) is 30.2 Å². The van der Waals surface area contributed by atoms with Crippen molar-refractivity contribution in [1.29, 1.82) is 0 Å². The first-order valence-electron chi connectivity index (χ1n) is 12.6. The van der Waals surface area contributed by atoms with Crippen LogP contribution in [0.1, 0.15) is 33.3 Å². The van der Waals surface area contributed by atoms with Gasteiger partial charge >= 0.3 is 0 Å². The Morgan fingerprint density at radius 3 is 2.35 bits per heavy atom. The van der Waals surface area contributed by atoms with Gasteiger partial charge in [0.15, 0.2) is 5.43 Å². The highest BCUT2D eigenvalue weighted by Gasteiger charge is 2.42. The fourth-order valence-electron chi connectivity index (χ4n) is 5.11. The number of amides is 1. The maximum absolute atomic E-state index is 13.6. The first kappa shape index (κ1) is 23.5. The van der Waals surface area contributed by atoms with E-state index in [0.29, 0.717) is 49.4 Å². The molecule has 0 aliphatic carbocycles. The van der Waals surface area contributed by atoms with Gasteiger partial charge in [0, 0.05) is 26.2 Å². The predicted octanol–water partition coefficient (Wildman–Crippen LogP) is 4.25. The molecular formula is C30H28N2O5. The number of hydrogen-bond acceptors (Lipinski definition) is 6. The molecule has 1 saturated heterocycles. The molecule has 1 atom stereocenters. The van der Waals surface area contributed by atoms with Crippen LogP contribution in [0, 0.1) is 0 Å². The van der Waals surface area contributed by atoms with Crippen LogP contribution >= 0.6 is 0 Å². The van der Waals surface area contributed by atoms with Crippen molar-refractivity contribution in [2.75, 3.05) is 39.4 Å². The van der Waals surface area contributed by atoms with Gasteiger partial charge in [-0.1, -0.05) is 54.6 Å². The van der Waals surface area contributed by atoms with Crippen LogP contribution in [0.25, 0.3) is 11.0 Å². The summed E-state index contributed by atoms with van der Waals surface area (Å²) in [4.78, 5) is 31.3. The molecule has 1 aromatic heterocycles. The van der Waals surface area contributed by atoms with E-state index < -0.39 is 6.04 Å². The van der Waals surface area contributed by atoms with Crippen LogP contribution in [-0.2, 0) is 11.3 Å². The van der Waals surface area contributed by atoms with Crippen molar-refractivity contribution < 1.29 is 18.7 Å². The maximum atomic E-state index is 13.6. The van der Waals surface area contributed by atoms with Gasteiger partial charge in [-0.25, -0.2) is 0 Å². The minimum atomic E-state index is -0.521. The molecule has 3 heterocycles. The number of morpholine rings is 1. The zero-order chi connectivity index (χ0) is 25.2. The summed E-state index contributed by atoms with van der Waals surface area (Å²) in [5, 5.41) is 0.483. The average molecular weight is 497 g/mol. The Morgan fingerprint density at radius 1 is 0.838 bits per heavy atom. The molecule has 188 valence electrons. The first-order chi connectivity index (χ1) is 18.2. The minimum absolute atomic E-state index is 0.139. The van der Waals surface area contributed by atoms with E-state index in [4.69, 9.17) is 13.9 Å². The van der Waals surface area contributed by atoms with Crippen LogP contribution in [0.2, 0.25) is 0 Å². The van der Waals surface area contributed by atoms with Gasteiger partial charge in [-0.2, -0.15) is 0 Å². The number of benzene rings is 3. The molecule has 0 spiro atoms. The Balaban J connectivity index is 1.32. The standard InChI is InChI=1S/C30H28N2O5/c33-28-24-8-4-5-9-25(24)37-29-26(28)27(32(30(29)34)15-14-31-16-18-35-19-17-31)22-10-12-23(13-11-22)36-20-21-6-2-1-3-7-21/h1-13,27H,14-20H2. The zero-order valence-electron chi connectivity index (χ0n) is 20.5. The lowest BCUT2D eigenvalue weighted by atomic mass is 9.98. The van der Waals surface area contributed by atoms with Crippen molar-refractivity contribution in [2.24, 2.45) is 0 Å². The molecule has 6 rings (SSSR count). The highest BCUT2D eigenvalue weighted by atomic mass is 16.5. The second-order valence-electron chi connectivity index (χ2n) is 9.37. The topological polar surface area (TPSA) is 72.2 Å². The van der Waals surface area contributed by atoms with Gasteiger partial charge in [0.2, 0.25) is 5.76 Å². The smallest absolute Gasteiger partial charge is 0.290 e. The van der Waals surface area contributed by atoms with E-state index in [1.807, 2.05) is 60.7 Å². The molecule has 1 amide bonds. The molecule has 7 nitrogen and oxygen atoms in total. The number of para-hydroxylation sites is 1. The van der Waals surface area contributed by atoms with Crippen molar-refractivity contribution in [3.63, 3.8) is 0 Å². The second kappa shape index (κ2) is 10.2. The molecule has 1 unspecified atom stereocenters. The van der Waals surface area contributed by atoms with Gasteiger partial charge in [-0.05, 0) is 35.4 Å². The Hall–Kier alpha value is -3.94.